The van der Waals surface area contributed by atoms with Crippen LogP contribution in [-0.4, -0.2) is 33.9 Å². The van der Waals surface area contributed by atoms with E-state index in [1.807, 2.05) is 6.07 Å². The van der Waals surface area contributed by atoms with E-state index < -0.39 is 11.7 Å². The highest BCUT2D eigenvalue weighted by atomic mass is 19.4. The van der Waals surface area contributed by atoms with Crippen molar-refractivity contribution in [2.75, 3.05) is 18.5 Å². The molecule has 0 atom stereocenters. The molecule has 1 saturated heterocycles. The smallest absolute Gasteiger partial charge is 0.381 e. The number of alkyl halides is 3. The number of imidazole rings is 1. The molecule has 136 valence electrons. The fraction of sp³-hybridized carbons (Fsp3) is 0.333. The van der Waals surface area contributed by atoms with Crippen molar-refractivity contribution in [2.24, 2.45) is 0 Å². The Hall–Kier alpha value is -2.61. The Morgan fingerprint density at radius 2 is 1.92 bits per heavy atom. The lowest BCUT2D eigenvalue weighted by atomic mass is 10.1. The van der Waals surface area contributed by atoms with Crippen LogP contribution >= 0.6 is 0 Å². The molecular formula is C18H17F3N4O. The number of nitrogens with zero attached hydrogens (tertiary/aromatic N) is 3. The number of hydrogen-bond donors (Lipinski definition) is 1. The topological polar surface area (TPSA) is 51.5 Å². The summed E-state index contributed by atoms with van der Waals surface area (Å²) in [5, 5.41) is 7.88. The van der Waals surface area contributed by atoms with Gasteiger partial charge in [0.2, 0.25) is 0 Å². The lowest BCUT2D eigenvalue weighted by Gasteiger charge is -2.23. The van der Waals surface area contributed by atoms with Gasteiger partial charge >= 0.3 is 6.18 Å². The van der Waals surface area contributed by atoms with Crippen molar-refractivity contribution in [3.63, 3.8) is 0 Å². The van der Waals surface area contributed by atoms with Crippen LogP contribution in [0.2, 0.25) is 0 Å². The highest BCUT2D eigenvalue weighted by Gasteiger charge is 2.30. The summed E-state index contributed by atoms with van der Waals surface area (Å²) in [6.07, 6.45) is -1.07. The van der Waals surface area contributed by atoms with E-state index in [2.05, 4.69) is 15.4 Å². The first kappa shape index (κ1) is 16.8. The molecule has 0 amide bonds. The van der Waals surface area contributed by atoms with E-state index in [4.69, 9.17) is 4.74 Å². The number of benzene rings is 1. The van der Waals surface area contributed by atoms with E-state index in [1.165, 1.54) is 12.3 Å². The standard InChI is InChI=1S/C18H17F3N4O/c19-18(20,21)13-3-1-2-12(10-13)15-11-22-17-5-4-16(24-25(15)17)23-14-6-8-26-9-7-14/h1-5,10-11,14H,6-9H2,(H,23,24). The number of hydrogen-bond acceptors (Lipinski definition) is 4. The monoisotopic (exact) mass is 362 g/mol. The van der Waals surface area contributed by atoms with Crippen LogP contribution in [0.1, 0.15) is 18.4 Å². The van der Waals surface area contributed by atoms with E-state index >= 15 is 0 Å². The first-order valence-electron chi connectivity index (χ1n) is 8.37. The SMILES string of the molecule is FC(F)(F)c1cccc(-c2cnc3ccc(NC4CCOCC4)nn23)c1. The van der Waals surface area contributed by atoms with Crippen LogP contribution in [0.15, 0.2) is 42.6 Å². The summed E-state index contributed by atoms with van der Waals surface area (Å²) < 4.78 is 45.9. The zero-order chi connectivity index (χ0) is 18.1. The Labute approximate surface area is 147 Å². The normalized spacial score (nSPS) is 16.1. The summed E-state index contributed by atoms with van der Waals surface area (Å²) in [6.45, 7) is 1.42. The minimum absolute atomic E-state index is 0.272. The molecule has 1 aliphatic rings. The molecule has 0 spiro atoms. The molecule has 1 fully saturated rings. The number of fused-ring (bicyclic) bond motifs is 1. The summed E-state index contributed by atoms with van der Waals surface area (Å²) in [7, 11) is 0. The molecule has 1 N–H and O–H groups in total. The third-order valence-electron chi connectivity index (χ3n) is 4.42. The minimum atomic E-state index is -4.39. The summed E-state index contributed by atoms with van der Waals surface area (Å²) in [5.41, 5.74) is 0.821. The number of ether oxygens (including phenoxy) is 1. The van der Waals surface area contributed by atoms with Gasteiger partial charge in [-0.1, -0.05) is 12.1 Å². The molecule has 5 nitrogen and oxygen atoms in total. The maximum Gasteiger partial charge on any atom is 0.416 e. The zero-order valence-corrected chi connectivity index (χ0v) is 13.8. The molecule has 3 heterocycles. The molecule has 0 aliphatic carbocycles. The molecule has 1 aliphatic heterocycles. The van der Waals surface area contributed by atoms with Crippen molar-refractivity contribution in [3.05, 3.63) is 48.2 Å². The molecule has 0 unspecified atom stereocenters. The third kappa shape index (κ3) is 3.37. The van der Waals surface area contributed by atoms with Crippen molar-refractivity contribution in [1.82, 2.24) is 14.6 Å². The van der Waals surface area contributed by atoms with E-state index in [1.54, 1.807) is 16.6 Å². The van der Waals surface area contributed by atoms with Gasteiger partial charge in [-0.05, 0) is 37.1 Å². The molecule has 2 aromatic heterocycles. The molecule has 0 saturated carbocycles. The van der Waals surface area contributed by atoms with Gasteiger partial charge in [-0.2, -0.15) is 13.2 Å². The van der Waals surface area contributed by atoms with E-state index in [-0.39, 0.29) is 6.04 Å². The molecule has 4 rings (SSSR count). The molecule has 26 heavy (non-hydrogen) atoms. The summed E-state index contributed by atoms with van der Waals surface area (Å²) in [6, 6.07) is 9.08. The van der Waals surface area contributed by atoms with Gasteiger partial charge in [0.25, 0.3) is 0 Å². The van der Waals surface area contributed by atoms with Gasteiger partial charge in [0, 0.05) is 24.8 Å². The van der Waals surface area contributed by atoms with E-state index in [0.717, 1.165) is 25.0 Å². The number of nitrogens with one attached hydrogen (secondary N) is 1. The number of aromatic nitrogens is 3. The van der Waals surface area contributed by atoms with Crippen LogP contribution in [0.3, 0.4) is 0 Å². The van der Waals surface area contributed by atoms with Gasteiger partial charge in [-0.15, -0.1) is 5.10 Å². The van der Waals surface area contributed by atoms with Gasteiger partial charge in [-0.3, -0.25) is 0 Å². The molecule has 0 bridgehead atoms. The second-order valence-electron chi connectivity index (χ2n) is 6.24. The Morgan fingerprint density at radius 1 is 1.12 bits per heavy atom. The van der Waals surface area contributed by atoms with E-state index in [9.17, 15) is 13.2 Å². The Balaban J connectivity index is 1.68. The third-order valence-corrected chi connectivity index (χ3v) is 4.42. The Kier molecular flexibility index (Phi) is 4.28. The average molecular weight is 362 g/mol. The predicted octanol–water partition coefficient (Wildman–Crippen LogP) is 4.01. The van der Waals surface area contributed by atoms with Crippen LogP contribution in [0.4, 0.5) is 19.0 Å². The lowest BCUT2D eigenvalue weighted by molar-refractivity contribution is -0.137. The molecular weight excluding hydrogens is 345 g/mol. The predicted molar refractivity (Wildman–Crippen MR) is 90.9 cm³/mol. The van der Waals surface area contributed by atoms with E-state index in [0.29, 0.717) is 35.9 Å². The summed E-state index contributed by atoms with van der Waals surface area (Å²) >= 11 is 0. The maximum absolute atomic E-state index is 13.0. The second-order valence-corrected chi connectivity index (χ2v) is 6.24. The van der Waals surface area contributed by atoms with Crippen molar-refractivity contribution in [1.29, 1.82) is 0 Å². The maximum atomic E-state index is 13.0. The van der Waals surface area contributed by atoms with Crippen molar-refractivity contribution < 1.29 is 17.9 Å². The van der Waals surface area contributed by atoms with Gasteiger partial charge in [-0.25, -0.2) is 9.50 Å². The Bertz CT molecular complexity index is 916. The fourth-order valence-electron chi connectivity index (χ4n) is 3.05. The van der Waals surface area contributed by atoms with Crippen LogP contribution in [0.25, 0.3) is 16.9 Å². The first-order chi connectivity index (χ1) is 12.5. The van der Waals surface area contributed by atoms with Crippen molar-refractivity contribution in [3.8, 4) is 11.3 Å². The zero-order valence-electron chi connectivity index (χ0n) is 13.8. The highest BCUT2D eigenvalue weighted by molar-refractivity contribution is 5.64. The van der Waals surface area contributed by atoms with Crippen LogP contribution in [0, 0.1) is 0 Å². The minimum Gasteiger partial charge on any atom is -0.381 e. The highest BCUT2D eigenvalue weighted by Crippen LogP contribution is 2.32. The Morgan fingerprint density at radius 3 is 2.69 bits per heavy atom. The molecule has 1 aromatic carbocycles. The van der Waals surface area contributed by atoms with Gasteiger partial charge in [0.15, 0.2) is 5.65 Å². The largest absolute Gasteiger partial charge is 0.416 e. The van der Waals surface area contributed by atoms with Crippen LogP contribution in [-0.2, 0) is 10.9 Å². The summed E-state index contributed by atoms with van der Waals surface area (Å²) in [5.74, 6) is 0.663. The molecule has 8 heteroatoms. The lowest BCUT2D eigenvalue weighted by Crippen LogP contribution is -2.28. The second kappa shape index (κ2) is 6.60. The quantitative estimate of drug-likeness (QED) is 0.765. The fourth-order valence-corrected chi connectivity index (χ4v) is 3.05. The van der Waals surface area contributed by atoms with Crippen LogP contribution < -0.4 is 5.32 Å². The number of anilines is 1. The number of rotatable bonds is 3. The first-order valence-corrected chi connectivity index (χ1v) is 8.37. The summed E-state index contributed by atoms with van der Waals surface area (Å²) in [4.78, 5) is 4.25. The average Bonchev–Trinajstić information content (AvgIpc) is 3.05. The number of halogens is 3. The van der Waals surface area contributed by atoms with Gasteiger partial charge < -0.3 is 10.1 Å². The molecule has 3 aromatic rings. The van der Waals surface area contributed by atoms with Crippen molar-refractivity contribution >= 4 is 11.5 Å². The van der Waals surface area contributed by atoms with Gasteiger partial charge in [0.05, 0.1) is 17.5 Å². The molecule has 0 radical (unpaired) electrons. The van der Waals surface area contributed by atoms with Crippen molar-refractivity contribution in [2.45, 2.75) is 25.1 Å². The van der Waals surface area contributed by atoms with Crippen LogP contribution in [0.5, 0.6) is 0 Å². The van der Waals surface area contributed by atoms with Gasteiger partial charge in [0.1, 0.15) is 5.82 Å².